The lowest BCUT2D eigenvalue weighted by Crippen LogP contribution is -2.45. The maximum Gasteiger partial charge on any atom is 0.248 e. The van der Waals surface area contributed by atoms with Crippen LogP contribution in [0.4, 0.5) is 5.69 Å². The number of nitrogens with one attached hydrogen (secondary N) is 1. The van der Waals surface area contributed by atoms with Crippen molar-refractivity contribution in [3.8, 4) is 0 Å². The summed E-state index contributed by atoms with van der Waals surface area (Å²) in [6, 6.07) is 16.6. The molecule has 5 nitrogen and oxygen atoms in total. The summed E-state index contributed by atoms with van der Waals surface area (Å²) in [5.74, 6) is 0.615. The van der Waals surface area contributed by atoms with Gasteiger partial charge < -0.3 is 15.8 Å². The molecule has 0 aliphatic carbocycles. The van der Waals surface area contributed by atoms with E-state index >= 15 is 0 Å². The largest absolute Gasteiger partial charge is 0.384 e. The Kier molecular flexibility index (Phi) is 6.87. The topological polar surface area (TPSA) is 81.4 Å². The van der Waals surface area contributed by atoms with Crippen LogP contribution in [0.1, 0.15) is 18.1 Å². The molecule has 0 saturated carbocycles. The van der Waals surface area contributed by atoms with Gasteiger partial charge in [0.25, 0.3) is 0 Å². The fourth-order valence-corrected chi connectivity index (χ4v) is 3.40. The van der Waals surface area contributed by atoms with Crippen molar-refractivity contribution in [3.63, 3.8) is 0 Å². The van der Waals surface area contributed by atoms with E-state index in [0.29, 0.717) is 23.8 Å². The third-order valence-electron chi connectivity index (χ3n) is 3.87. The summed E-state index contributed by atoms with van der Waals surface area (Å²) in [5, 5.41) is 2.85. The zero-order chi connectivity index (χ0) is 18.3. The molecule has 0 saturated heterocycles. The Morgan fingerprint density at radius 3 is 2.60 bits per heavy atom. The fourth-order valence-electron chi connectivity index (χ4n) is 2.35. The predicted octanol–water partition coefficient (Wildman–Crippen LogP) is 2.39. The van der Waals surface area contributed by atoms with Gasteiger partial charge in [-0.3, -0.25) is 9.00 Å². The maximum absolute atomic E-state index is 12.6. The summed E-state index contributed by atoms with van der Waals surface area (Å²) >= 11 is 0. The summed E-state index contributed by atoms with van der Waals surface area (Å²) in [6.07, 6.45) is 0. The van der Waals surface area contributed by atoms with Crippen molar-refractivity contribution in [1.29, 1.82) is 0 Å². The number of benzene rings is 2. The summed E-state index contributed by atoms with van der Waals surface area (Å²) in [7, 11) is 0.586. The fraction of sp³-hybridized carbons (Fsp3) is 0.316. The van der Waals surface area contributed by atoms with Crippen LogP contribution in [0.5, 0.6) is 0 Å². The second kappa shape index (κ2) is 8.89. The zero-order valence-electron chi connectivity index (χ0n) is 14.5. The van der Waals surface area contributed by atoms with E-state index in [1.54, 1.807) is 20.1 Å². The van der Waals surface area contributed by atoms with E-state index in [-0.39, 0.29) is 5.91 Å². The maximum atomic E-state index is 12.6. The Balaban J connectivity index is 2.06. The van der Waals surface area contributed by atoms with Gasteiger partial charge in [-0.1, -0.05) is 42.5 Å². The third-order valence-corrected chi connectivity index (χ3v) is 5.15. The van der Waals surface area contributed by atoms with Crippen LogP contribution < -0.4 is 11.1 Å². The van der Waals surface area contributed by atoms with Crippen LogP contribution >= 0.6 is 0 Å². The average Bonchev–Trinajstić information content (AvgIpc) is 2.61. The summed E-state index contributed by atoms with van der Waals surface area (Å²) < 4.78 is 16.9. The Bertz CT molecular complexity index is 732. The highest BCUT2D eigenvalue weighted by atomic mass is 32.2. The van der Waals surface area contributed by atoms with Gasteiger partial charge in [-0.15, -0.1) is 0 Å². The van der Waals surface area contributed by atoms with Crippen LogP contribution in [-0.2, 0) is 31.6 Å². The molecule has 25 heavy (non-hydrogen) atoms. The molecule has 3 N–H and O–H groups in total. The normalized spacial score (nSPS) is 14.5. The molecular weight excluding hydrogens is 336 g/mol. The van der Waals surface area contributed by atoms with Gasteiger partial charge in [0.2, 0.25) is 5.91 Å². The van der Waals surface area contributed by atoms with Crippen molar-refractivity contribution in [2.75, 3.05) is 24.8 Å². The molecule has 6 heteroatoms. The minimum atomic E-state index is -1.14. The Labute approximate surface area is 151 Å². The highest BCUT2D eigenvalue weighted by molar-refractivity contribution is 7.84. The first kappa shape index (κ1) is 19.3. The van der Waals surface area contributed by atoms with Crippen LogP contribution in [-0.4, -0.2) is 29.6 Å². The van der Waals surface area contributed by atoms with Gasteiger partial charge in [-0.05, 0) is 30.2 Å². The van der Waals surface area contributed by atoms with Crippen molar-refractivity contribution >= 4 is 22.4 Å². The van der Waals surface area contributed by atoms with Crippen LogP contribution in [0.3, 0.4) is 0 Å². The SMILES string of the molecule is COCCS(=O)Cc1cccc(NC(=O)C(C)(N)c2ccccc2)c1. The smallest absolute Gasteiger partial charge is 0.248 e. The number of methoxy groups -OCH3 is 1. The molecule has 0 heterocycles. The molecule has 2 aromatic rings. The molecule has 0 bridgehead atoms. The van der Waals surface area contributed by atoms with Crippen molar-refractivity contribution in [2.45, 2.75) is 18.2 Å². The minimum absolute atomic E-state index is 0.295. The number of amides is 1. The van der Waals surface area contributed by atoms with Gasteiger partial charge in [-0.25, -0.2) is 0 Å². The van der Waals surface area contributed by atoms with Crippen molar-refractivity contribution in [2.24, 2.45) is 5.73 Å². The van der Waals surface area contributed by atoms with E-state index < -0.39 is 16.3 Å². The number of anilines is 1. The number of carbonyl (C=O) groups excluding carboxylic acids is 1. The summed E-state index contributed by atoms with van der Waals surface area (Å²) in [5.41, 5.74) is 7.36. The van der Waals surface area contributed by atoms with Crippen molar-refractivity contribution < 1.29 is 13.7 Å². The van der Waals surface area contributed by atoms with E-state index in [4.69, 9.17) is 10.5 Å². The highest BCUT2D eigenvalue weighted by Gasteiger charge is 2.30. The van der Waals surface area contributed by atoms with Gasteiger partial charge in [0.1, 0.15) is 5.54 Å². The molecule has 2 atom stereocenters. The molecule has 1 amide bonds. The second-order valence-electron chi connectivity index (χ2n) is 6.00. The van der Waals surface area contributed by atoms with Gasteiger partial charge >= 0.3 is 0 Å². The summed E-state index contributed by atoms with van der Waals surface area (Å²) in [4.78, 5) is 12.6. The van der Waals surface area contributed by atoms with E-state index in [9.17, 15) is 9.00 Å². The quantitative estimate of drug-likeness (QED) is 0.757. The first-order chi connectivity index (χ1) is 11.9. The van der Waals surface area contributed by atoms with Crippen LogP contribution in [0.15, 0.2) is 54.6 Å². The number of ether oxygens (including phenoxy) is 1. The number of carbonyl (C=O) groups is 1. The monoisotopic (exact) mass is 360 g/mol. The zero-order valence-corrected chi connectivity index (χ0v) is 15.3. The lowest BCUT2D eigenvalue weighted by atomic mass is 9.92. The molecule has 0 aliphatic heterocycles. The van der Waals surface area contributed by atoms with Crippen molar-refractivity contribution in [3.05, 3.63) is 65.7 Å². The van der Waals surface area contributed by atoms with Crippen molar-refractivity contribution in [1.82, 2.24) is 0 Å². The first-order valence-corrected chi connectivity index (χ1v) is 9.51. The Morgan fingerprint density at radius 1 is 1.20 bits per heavy atom. The minimum Gasteiger partial charge on any atom is -0.384 e. The first-order valence-electron chi connectivity index (χ1n) is 8.02. The van der Waals surface area contributed by atoms with Gasteiger partial charge in [0.15, 0.2) is 0 Å². The van der Waals surface area contributed by atoms with E-state index in [1.165, 1.54) is 0 Å². The molecule has 0 aromatic heterocycles. The third kappa shape index (κ3) is 5.49. The van der Waals surface area contributed by atoms with Crippen LogP contribution in [0.2, 0.25) is 0 Å². The lowest BCUT2D eigenvalue weighted by molar-refractivity contribution is -0.120. The molecule has 0 aliphatic rings. The molecule has 2 aromatic carbocycles. The molecule has 0 spiro atoms. The highest BCUT2D eigenvalue weighted by Crippen LogP contribution is 2.21. The molecule has 0 fully saturated rings. The average molecular weight is 360 g/mol. The van der Waals surface area contributed by atoms with Gasteiger partial charge in [0.05, 0.1) is 6.61 Å². The molecule has 2 unspecified atom stereocenters. The van der Waals surface area contributed by atoms with Gasteiger partial charge in [-0.2, -0.15) is 0 Å². The lowest BCUT2D eigenvalue weighted by Gasteiger charge is -2.24. The Hall–Kier alpha value is -2.02. The standard InChI is InChI=1S/C19H24N2O3S/c1-19(20,16-8-4-3-5-9-16)18(22)21-17-10-6-7-15(13-17)14-25(23)12-11-24-2/h3-10,13H,11-12,14,20H2,1-2H3,(H,21,22). The van der Waals surface area contributed by atoms with E-state index in [2.05, 4.69) is 5.32 Å². The molecule has 134 valence electrons. The second-order valence-corrected chi connectivity index (χ2v) is 7.58. The van der Waals surface area contributed by atoms with E-state index in [0.717, 1.165) is 11.1 Å². The molecule has 2 rings (SSSR count). The number of rotatable bonds is 8. The number of hydrogen-bond donors (Lipinski definition) is 2. The number of nitrogens with two attached hydrogens (primary N) is 1. The van der Waals surface area contributed by atoms with Gasteiger partial charge in [0, 0.05) is 35.1 Å². The molecular formula is C19H24N2O3S. The van der Waals surface area contributed by atoms with Crippen LogP contribution in [0.25, 0.3) is 0 Å². The van der Waals surface area contributed by atoms with Crippen LogP contribution in [0, 0.1) is 0 Å². The number of hydrogen-bond acceptors (Lipinski definition) is 4. The molecule has 0 radical (unpaired) electrons. The summed E-state index contributed by atoms with van der Waals surface area (Å²) in [6.45, 7) is 2.15. The Morgan fingerprint density at radius 2 is 1.92 bits per heavy atom. The predicted molar refractivity (Wildman–Crippen MR) is 102 cm³/mol. The van der Waals surface area contributed by atoms with E-state index in [1.807, 2.05) is 48.5 Å².